The molecule has 4 nitrogen and oxygen atoms in total. The van der Waals surface area contributed by atoms with Gasteiger partial charge in [-0.3, -0.25) is 9.59 Å². The highest BCUT2D eigenvalue weighted by atomic mass is 16.2. The van der Waals surface area contributed by atoms with Crippen LogP contribution in [0.1, 0.15) is 28.4 Å². The minimum Gasteiger partial charge on any atom is -0.347 e. The molecule has 1 heterocycles. The molecule has 1 aromatic heterocycles. The standard InChI is InChI=1S/C20H20N2O2/c1-4-22-12-17(19(23)16-11-14(3)7-10-18(16)22)20(24)21-15-8-5-13(2)6-9-15/h5-12H,4H2,1-3H3,(H,21,24). The number of amides is 1. The average molecular weight is 320 g/mol. The van der Waals surface area contributed by atoms with Crippen molar-refractivity contribution in [3.63, 3.8) is 0 Å². The second-order valence-electron chi connectivity index (χ2n) is 6.00. The van der Waals surface area contributed by atoms with Crippen molar-refractivity contribution in [2.75, 3.05) is 5.32 Å². The van der Waals surface area contributed by atoms with E-state index in [-0.39, 0.29) is 16.9 Å². The zero-order valence-corrected chi connectivity index (χ0v) is 14.1. The number of pyridine rings is 1. The molecule has 122 valence electrons. The quantitative estimate of drug-likeness (QED) is 0.796. The fourth-order valence-electron chi connectivity index (χ4n) is 2.77. The molecule has 0 radical (unpaired) electrons. The highest BCUT2D eigenvalue weighted by Gasteiger charge is 2.15. The highest BCUT2D eigenvalue weighted by molar-refractivity contribution is 6.05. The fraction of sp³-hybridized carbons (Fsp3) is 0.200. The second-order valence-corrected chi connectivity index (χ2v) is 6.00. The lowest BCUT2D eigenvalue weighted by molar-refractivity contribution is 0.102. The van der Waals surface area contributed by atoms with Crippen LogP contribution in [0.5, 0.6) is 0 Å². The van der Waals surface area contributed by atoms with Gasteiger partial charge in [0, 0.05) is 23.8 Å². The summed E-state index contributed by atoms with van der Waals surface area (Å²) in [6.45, 7) is 6.60. The molecule has 0 fully saturated rings. The molecule has 0 bridgehead atoms. The first-order valence-electron chi connectivity index (χ1n) is 8.01. The van der Waals surface area contributed by atoms with Gasteiger partial charge in [0.1, 0.15) is 5.56 Å². The van der Waals surface area contributed by atoms with E-state index < -0.39 is 0 Å². The SMILES string of the molecule is CCn1cc(C(=O)Nc2ccc(C)cc2)c(=O)c2cc(C)ccc21. The molecule has 0 saturated carbocycles. The molecule has 24 heavy (non-hydrogen) atoms. The van der Waals surface area contributed by atoms with E-state index in [4.69, 9.17) is 0 Å². The minimum absolute atomic E-state index is 0.163. The Morgan fingerprint density at radius 1 is 1.04 bits per heavy atom. The van der Waals surface area contributed by atoms with Crippen molar-refractivity contribution in [2.24, 2.45) is 0 Å². The number of anilines is 1. The number of rotatable bonds is 3. The largest absolute Gasteiger partial charge is 0.347 e. The maximum atomic E-state index is 12.8. The van der Waals surface area contributed by atoms with E-state index in [0.29, 0.717) is 17.6 Å². The molecule has 3 aromatic rings. The summed E-state index contributed by atoms with van der Waals surface area (Å²) in [5, 5.41) is 3.38. The Hall–Kier alpha value is -2.88. The number of nitrogens with one attached hydrogen (secondary N) is 1. The smallest absolute Gasteiger partial charge is 0.261 e. The van der Waals surface area contributed by atoms with Gasteiger partial charge in [-0.25, -0.2) is 0 Å². The minimum atomic E-state index is -0.380. The van der Waals surface area contributed by atoms with Crippen LogP contribution in [-0.2, 0) is 6.54 Å². The summed E-state index contributed by atoms with van der Waals surface area (Å²) in [6, 6.07) is 13.2. The molecule has 0 spiro atoms. The Balaban J connectivity index is 2.08. The van der Waals surface area contributed by atoms with Crippen molar-refractivity contribution in [1.29, 1.82) is 0 Å². The predicted octanol–water partition coefficient (Wildman–Crippen LogP) is 3.89. The zero-order chi connectivity index (χ0) is 17.3. The van der Waals surface area contributed by atoms with Crippen molar-refractivity contribution < 1.29 is 4.79 Å². The third-order valence-electron chi connectivity index (χ3n) is 4.13. The number of nitrogens with zero attached hydrogens (tertiary/aromatic N) is 1. The number of hydrogen-bond acceptors (Lipinski definition) is 2. The van der Waals surface area contributed by atoms with Crippen molar-refractivity contribution in [3.05, 3.63) is 75.6 Å². The van der Waals surface area contributed by atoms with Gasteiger partial charge in [-0.2, -0.15) is 0 Å². The Morgan fingerprint density at radius 3 is 2.38 bits per heavy atom. The van der Waals surface area contributed by atoms with Gasteiger partial charge in [0.05, 0.1) is 5.52 Å². The number of carbonyl (C=O) groups excluding carboxylic acids is 1. The molecular formula is C20H20N2O2. The van der Waals surface area contributed by atoms with Gasteiger partial charge in [-0.05, 0) is 45.0 Å². The van der Waals surface area contributed by atoms with E-state index in [1.165, 1.54) is 0 Å². The van der Waals surface area contributed by atoms with Gasteiger partial charge in [0.25, 0.3) is 5.91 Å². The van der Waals surface area contributed by atoms with Crippen molar-refractivity contribution in [2.45, 2.75) is 27.3 Å². The summed E-state index contributed by atoms with van der Waals surface area (Å²) in [6.07, 6.45) is 1.64. The number of fused-ring (bicyclic) bond motifs is 1. The van der Waals surface area contributed by atoms with Gasteiger partial charge in [-0.15, -0.1) is 0 Å². The van der Waals surface area contributed by atoms with E-state index in [1.807, 2.05) is 67.8 Å². The fourth-order valence-corrected chi connectivity index (χ4v) is 2.77. The van der Waals surface area contributed by atoms with Crippen LogP contribution < -0.4 is 10.7 Å². The third kappa shape index (κ3) is 2.95. The molecule has 0 aliphatic heterocycles. The summed E-state index contributed by atoms with van der Waals surface area (Å²) in [4.78, 5) is 25.4. The molecule has 1 amide bonds. The second kappa shape index (κ2) is 6.32. The number of carbonyl (C=O) groups is 1. The van der Waals surface area contributed by atoms with Crippen LogP contribution in [0.4, 0.5) is 5.69 Å². The van der Waals surface area contributed by atoms with E-state index in [2.05, 4.69) is 5.32 Å². The van der Waals surface area contributed by atoms with Gasteiger partial charge >= 0.3 is 0 Å². The van der Waals surface area contributed by atoms with E-state index >= 15 is 0 Å². The topological polar surface area (TPSA) is 51.1 Å². The molecule has 4 heteroatoms. The first-order chi connectivity index (χ1) is 11.5. The van der Waals surface area contributed by atoms with E-state index in [0.717, 1.165) is 16.6 Å². The molecular weight excluding hydrogens is 300 g/mol. The van der Waals surface area contributed by atoms with Crippen molar-refractivity contribution in [3.8, 4) is 0 Å². The lowest BCUT2D eigenvalue weighted by Gasteiger charge is -2.12. The van der Waals surface area contributed by atoms with Gasteiger partial charge < -0.3 is 9.88 Å². The Bertz CT molecular complexity index is 969. The van der Waals surface area contributed by atoms with Crippen LogP contribution in [0.25, 0.3) is 10.9 Å². The van der Waals surface area contributed by atoms with Gasteiger partial charge in [-0.1, -0.05) is 29.3 Å². The molecule has 3 rings (SSSR count). The number of benzene rings is 2. The Labute approximate surface area is 140 Å². The normalized spacial score (nSPS) is 10.8. The summed E-state index contributed by atoms with van der Waals surface area (Å²) in [7, 11) is 0. The summed E-state index contributed by atoms with van der Waals surface area (Å²) >= 11 is 0. The number of aryl methyl sites for hydroxylation is 3. The molecule has 0 unspecified atom stereocenters. The first kappa shape index (κ1) is 16.0. The zero-order valence-electron chi connectivity index (χ0n) is 14.1. The van der Waals surface area contributed by atoms with Crippen molar-refractivity contribution in [1.82, 2.24) is 4.57 Å². The maximum absolute atomic E-state index is 12.8. The van der Waals surface area contributed by atoms with Crippen LogP contribution >= 0.6 is 0 Å². The lowest BCUT2D eigenvalue weighted by Crippen LogP contribution is -2.24. The third-order valence-corrected chi connectivity index (χ3v) is 4.13. The number of hydrogen-bond donors (Lipinski definition) is 1. The molecule has 1 N–H and O–H groups in total. The maximum Gasteiger partial charge on any atom is 0.261 e. The van der Waals surface area contributed by atoms with Crippen molar-refractivity contribution >= 4 is 22.5 Å². The average Bonchev–Trinajstić information content (AvgIpc) is 2.57. The number of aromatic nitrogens is 1. The van der Waals surface area contributed by atoms with E-state index in [1.54, 1.807) is 6.20 Å². The Morgan fingerprint density at radius 2 is 1.71 bits per heavy atom. The van der Waals surface area contributed by atoms with Crippen LogP contribution in [0.2, 0.25) is 0 Å². The summed E-state index contributed by atoms with van der Waals surface area (Å²) in [5.41, 5.74) is 3.57. The Kier molecular flexibility index (Phi) is 4.21. The monoisotopic (exact) mass is 320 g/mol. The summed E-state index contributed by atoms with van der Waals surface area (Å²) in [5.74, 6) is -0.380. The molecule has 0 aliphatic rings. The van der Waals surface area contributed by atoms with Crippen LogP contribution in [0, 0.1) is 13.8 Å². The molecule has 0 saturated heterocycles. The lowest BCUT2D eigenvalue weighted by atomic mass is 10.1. The summed E-state index contributed by atoms with van der Waals surface area (Å²) < 4.78 is 1.93. The van der Waals surface area contributed by atoms with Gasteiger partial charge in [0.15, 0.2) is 0 Å². The molecule has 2 aromatic carbocycles. The van der Waals surface area contributed by atoms with Gasteiger partial charge in [0.2, 0.25) is 5.43 Å². The van der Waals surface area contributed by atoms with Crippen LogP contribution in [0.15, 0.2) is 53.5 Å². The first-order valence-corrected chi connectivity index (χ1v) is 8.01. The van der Waals surface area contributed by atoms with E-state index in [9.17, 15) is 9.59 Å². The highest BCUT2D eigenvalue weighted by Crippen LogP contribution is 2.15. The molecule has 0 aliphatic carbocycles. The predicted molar refractivity (Wildman–Crippen MR) is 97.8 cm³/mol. The van der Waals surface area contributed by atoms with Crippen LogP contribution in [0.3, 0.4) is 0 Å². The van der Waals surface area contributed by atoms with Crippen LogP contribution in [-0.4, -0.2) is 10.5 Å². The molecule has 0 atom stereocenters.